The summed E-state index contributed by atoms with van der Waals surface area (Å²) in [7, 11) is 0. The van der Waals surface area contributed by atoms with E-state index >= 15 is 0 Å². The van der Waals surface area contributed by atoms with Gasteiger partial charge in [0, 0.05) is 44.5 Å². The Kier molecular flexibility index (Phi) is 4.98. The van der Waals surface area contributed by atoms with Gasteiger partial charge in [0.2, 0.25) is 5.82 Å². The van der Waals surface area contributed by atoms with Gasteiger partial charge in [0.05, 0.1) is 23.7 Å². The minimum Gasteiger partial charge on any atom is -0.388 e. The van der Waals surface area contributed by atoms with Crippen molar-refractivity contribution in [2.75, 3.05) is 50.8 Å². The highest BCUT2D eigenvalue weighted by Gasteiger charge is 2.36. The average molecular weight is 336 g/mol. The molecule has 3 rings (SSSR count). The number of nitrogens with zero attached hydrogens (tertiary/aromatic N) is 4. The summed E-state index contributed by atoms with van der Waals surface area (Å²) in [4.78, 5) is 19.3. The third kappa shape index (κ3) is 3.66. The standard InChI is InChI=1S/C16H24N4O4/c1-13-2-5-17-15(14(13)20(22)23)19-6-3-16(21,4-7-19)12-18-8-10-24-11-9-18/h2,5,21H,3-4,6-12H2,1H3. The minimum absolute atomic E-state index is 0.0659. The molecule has 1 aromatic heterocycles. The fourth-order valence-corrected chi connectivity index (χ4v) is 3.46. The zero-order valence-corrected chi connectivity index (χ0v) is 14.0. The smallest absolute Gasteiger partial charge is 0.314 e. The van der Waals surface area contributed by atoms with Crippen LogP contribution in [0.1, 0.15) is 18.4 Å². The minimum atomic E-state index is -0.744. The summed E-state index contributed by atoms with van der Waals surface area (Å²) >= 11 is 0. The number of aliphatic hydroxyl groups is 1. The molecule has 3 heterocycles. The van der Waals surface area contributed by atoms with Crippen molar-refractivity contribution in [3.63, 3.8) is 0 Å². The number of pyridine rings is 1. The van der Waals surface area contributed by atoms with Crippen LogP contribution < -0.4 is 4.90 Å². The highest BCUT2D eigenvalue weighted by Crippen LogP contribution is 2.33. The Morgan fingerprint density at radius 3 is 2.62 bits per heavy atom. The molecule has 2 saturated heterocycles. The van der Waals surface area contributed by atoms with Gasteiger partial charge in [-0.25, -0.2) is 4.98 Å². The Morgan fingerprint density at radius 2 is 2.00 bits per heavy atom. The molecule has 0 atom stereocenters. The molecule has 0 spiro atoms. The van der Waals surface area contributed by atoms with Crippen LogP contribution in [0, 0.1) is 17.0 Å². The lowest BCUT2D eigenvalue weighted by Crippen LogP contribution is -2.53. The summed E-state index contributed by atoms with van der Waals surface area (Å²) in [6.45, 7) is 6.60. The highest BCUT2D eigenvalue weighted by molar-refractivity contribution is 5.61. The lowest BCUT2D eigenvalue weighted by Gasteiger charge is -2.42. The molecule has 8 nitrogen and oxygen atoms in total. The Labute approximate surface area is 141 Å². The molecule has 0 saturated carbocycles. The molecule has 24 heavy (non-hydrogen) atoms. The van der Waals surface area contributed by atoms with E-state index in [-0.39, 0.29) is 10.6 Å². The SMILES string of the molecule is Cc1ccnc(N2CCC(O)(CN3CCOCC3)CC2)c1[N+](=O)[O-]. The van der Waals surface area contributed by atoms with Crippen LogP contribution in [-0.4, -0.2) is 71.5 Å². The second kappa shape index (κ2) is 7.00. The van der Waals surface area contributed by atoms with Crippen LogP contribution in [0.2, 0.25) is 0 Å². The second-order valence-corrected chi connectivity index (χ2v) is 6.66. The molecule has 132 valence electrons. The molecule has 0 bridgehead atoms. The zero-order valence-electron chi connectivity index (χ0n) is 14.0. The van der Waals surface area contributed by atoms with Crippen molar-refractivity contribution in [2.24, 2.45) is 0 Å². The number of hydrogen-bond acceptors (Lipinski definition) is 7. The predicted molar refractivity (Wildman–Crippen MR) is 89.3 cm³/mol. The number of aromatic nitrogens is 1. The van der Waals surface area contributed by atoms with Gasteiger partial charge in [0.1, 0.15) is 0 Å². The molecular formula is C16H24N4O4. The summed E-state index contributed by atoms with van der Waals surface area (Å²) in [5, 5.41) is 22.2. The molecule has 0 radical (unpaired) electrons. The summed E-state index contributed by atoms with van der Waals surface area (Å²) in [6.07, 6.45) is 2.76. The number of hydrogen-bond donors (Lipinski definition) is 1. The number of ether oxygens (including phenoxy) is 1. The Hall–Kier alpha value is -1.77. The van der Waals surface area contributed by atoms with Crippen LogP contribution in [0.4, 0.5) is 11.5 Å². The van der Waals surface area contributed by atoms with Gasteiger partial charge in [-0.1, -0.05) is 0 Å². The first kappa shape index (κ1) is 17.1. The third-order valence-corrected chi connectivity index (χ3v) is 4.90. The van der Waals surface area contributed by atoms with Crippen molar-refractivity contribution in [3.8, 4) is 0 Å². The molecule has 0 aliphatic carbocycles. The average Bonchev–Trinajstić information content (AvgIpc) is 2.55. The van der Waals surface area contributed by atoms with E-state index < -0.39 is 5.60 Å². The molecule has 2 aliphatic rings. The number of morpholine rings is 1. The normalized spacial score (nSPS) is 21.7. The van der Waals surface area contributed by atoms with Crippen LogP contribution in [0.5, 0.6) is 0 Å². The molecule has 0 aromatic carbocycles. The van der Waals surface area contributed by atoms with Gasteiger partial charge in [-0.15, -0.1) is 0 Å². The monoisotopic (exact) mass is 336 g/mol. The van der Waals surface area contributed by atoms with Crippen LogP contribution in [0.25, 0.3) is 0 Å². The van der Waals surface area contributed by atoms with Crippen LogP contribution in [0.3, 0.4) is 0 Å². The van der Waals surface area contributed by atoms with Crippen molar-refractivity contribution in [2.45, 2.75) is 25.4 Å². The Balaban J connectivity index is 1.66. The second-order valence-electron chi connectivity index (χ2n) is 6.66. The van der Waals surface area contributed by atoms with Crippen molar-refractivity contribution in [3.05, 3.63) is 27.9 Å². The Morgan fingerprint density at radius 1 is 1.33 bits per heavy atom. The van der Waals surface area contributed by atoms with E-state index in [0.717, 1.165) is 13.1 Å². The van der Waals surface area contributed by atoms with E-state index in [1.54, 1.807) is 19.2 Å². The highest BCUT2D eigenvalue weighted by atomic mass is 16.6. The van der Waals surface area contributed by atoms with Gasteiger partial charge < -0.3 is 14.7 Å². The van der Waals surface area contributed by atoms with E-state index in [4.69, 9.17) is 4.74 Å². The van der Waals surface area contributed by atoms with Gasteiger partial charge in [-0.2, -0.15) is 0 Å². The van der Waals surface area contributed by atoms with Crippen LogP contribution in [0.15, 0.2) is 12.3 Å². The maximum absolute atomic E-state index is 11.3. The predicted octanol–water partition coefficient (Wildman–Crippen LogP) is 0.962. The zero-order chi connectivity index (χ0) is 17.2. The van der Waals surface area contributed by atoms with E-state index in [1.807, 2.05) is 4.90 Å². The van der Waals surface area contributed by atoms with Gasteiger partial charge >= 0.3 is 5.69 Å². The lowest BCUT2D eigenvalue weighted by atomic mass is 9.90. The first-order valence-corrected chi connectivity index (χ1v) is 8.36. The molecule has 1 N–H and O–H groups in total. The van der Waals surface area contributed by atoms with E-state index in [2.05, 4.69) is 9.88 Å². The number of piperidine rings is 1. The van der Waals surface area contributed by atoms with Crippen LogP contribution in [-0.2, 0) is 4.74 Å². The van der Waals surface area contributed by atoms with Gasteiger partial charge in [0.15, 0.2) is 0 Å². The molecule has 2 aliphatic heterocycles. The molecule has 8 heteroatoms. The number of β-amino-alcohol motifs (C(OH)–C–C–N with tert-alkyl or cyclic N) is 1. The number of nitro groups is 1. The first-order chi connectivity index (χ1) is 11.5. The Bertz CT molecular complexity index is 596. The van der Waals surface area contributed by atoms with Crippen molar-refractivity contribution in [1.82, 2.24) is 9.88 Å². The summed E-state index contributed by atoms with van der Waals surface area (Å²) < 4.78 is 5.34. The summed E-state index contributed by atoms with van der Waals surface area (Å²) in [5.41, 5.74) is -0.0674. The lowest BCUT2D eigenvalue weighted by molar-refractivity contribution is -0.384. The van der Waals surface area contributed by atoms with Crippen molar-refractivity contribution in [1.29, 1.82) is 0 Å². The maximum atomic E-state index is 11.3. The van der Waals surface area contributed by atoms with Gasteiger partial charge in [-0.3, -0.25) is 15.0 Å². The largest absolute Gasteiger partial charge is 0.388 e. The third-order valence-electron chi connectivity index (χ3n) is 4.90. The van der Waals surface area contributed by atoms with Crippen molar-refractivity contribution >= 4 is 11.5 Å². The maximum Gasteiger partial charge on any atom is 0.314 e. The first-order valence-electron chi connectivity index (χ1n) is 8.36. The fraction of sp³-hybridized carbons (Fsp3) is 0.688. The molecule has 0 amide bonds. The van der Waals surface area contributed by atoms with Crippen molar-refractivity contribution < 1.29 is 14.8 Å². The number of rotatable bonds is 4. The molecule has 1 aromatic rings. The van der Waals surface area contributed by atoms with Gasteiger partial charge in [0.25, 0.3) is 0 Å². The van der Waals surface area contributed by atoms with E-state index in [0.29, 0.717) is 57.1 Å². The number of aryl methyl sites for hydroxylation is 1. The summed E-state index contributed by atoms with van der Waals surface area (Å²) in [5.74, 6) is 0.411. The topological polar surface area (TPSA) is 92.0 Å². The molecule has 2 fully saturated rings. The van der Waals surface area contributed by atoms with Gasteiger partial charge in [-0.05, 0) is 25.8 Å². The number of anilines is 1. The molecule has 0 unspecified atom stereocenters. The quantitative estimate of drug-likeness (QED) is 0.647. The van der Waals surface area contributed by atoms with E-state index in [9.17, 15) is 15.2 Å². The fourth-order valence-electron chi connectivity index (χ4n) is 3.46. The van der Waals surface area contributed by atoms with Crippen LogP contribution >= 0.6 is 0 Å². The molecular weight excluding hydrogens is 312 g/mol. The summed E-state index contributed by atoms with van der Waals surface area (Å²) in [6, 6.07) is 1.65. The van der Waals surface area contributed by atoms with E-state index in [1.165, 1.54) is 0 Å².